The first-order valence-corrected chi connectivity index (χ1v) is 3.91. The predicted molar refractivity (Wildman–Crippen MR) is 44.2 cm³/mol. The number of hydrogen-bond donors (Lipinski definition) is 1. The van der Waals surface area contributed by atoms with Crippen LogP contribution in [0.25, 0.3) is 0 Å². The average Bonchev–Trinajstić information content (AvgIpc) is 2.37. The van der Waals surface area contributed by atoms with Crippen molar-refractivity contribution in [2.24, 2.45) is 15.2 Å². The molecule has 1 N–H and O–H groups in total. The fraction of sp³-hybridized carbons (Fsp3) is 0.714. The van der Waals surface area contributed by atoms with Crippen LogP contribution in [0.2, 0.25) is 0 Å². The first-order valence-electron chi connectivity index (χ1n) is 3.91. The number of aliphatic imine (C=N–C) groups is 1. The number of unbranched alkanes of at least 4 members (excludes halogenated alkanes) is 2. The quantitative estimate of drug-likeness (QED) is 0.601. The van der Waals surface area contributed by atoms with Gasteiger partial charge < -0.3 is 0 Å². The average molecular weight is 152 g/mol. The molecular formula is C7H12N4. The summed E-state index contributed by atoms with van der Waals surface area (Å²) in [4.78, 5) is 3.83. The molecule has 4 nitrogen and oxygen atoms in total. The lowest BCUT2D eigenvalue weighted by atomic mass is 10.2. The highest BCUT2D eigenvalue weighted by Gasteiger charge is 2.05. The fourth-order valence-corrected chi connectivity index (χ4v) is 0.911. The van der Waals surface area contributed by atoms with E-state index in [1.54, 1.807) is 0 Å². The molecule has 0 spiro atoms. The van der Waals surface area contributed by atoms with Gasteiger partial charge in [0.15, 0.2) is 5.84 Å². The molecule has 4 heteroatoms. The third-order valence-electron chi connectivity index (χ3n) is 1.50. The highest BCUT2D eigenvalue weighted by molar-refractivity contribution is 5.99. The lowest BCUT2D eigenvalue weighted by Crippen LogP contribution is -1.90. The molecule has 0 saturated heterocycles. The van der Waals surface area contributed by atoms with Gasteiger partial charge in [0.1, 0.15) is 0 Å². The van der Waals surface area contributed by atoms with E-state index in [0.717, 1.165) is 12.8 Å². The zero-order valence-electron chi connectivity index (χ0n) is 6.67. The molecule has 0 unspecified atom stereocenters. The Labute approximate surface area is 66.0 Å². The van der Waals surface area contributed by atoms with E-state index >= 15 is 0 Å². The third kappa shape index (κ3) is 2.57. The van der Waals surface area contributed by atoms with Crippen LogP contribution in [0.15, 0.2) is 15.2 Å². The van der Waals surface area contributed by atoms with Gasteiger partial charge in [-0.3, -0.25) is 5.41 Å². The molecule has 1 rings (SSSR count). The molecule has 0 fully saturated rings. The number of hydrogen-bond acceptors (Lipinski definition) is 2. The van der Waals surface area contributed by atoms with Gasteiger partial charge in [0.05, 0.1) is 0 Å². The van der Waals surface area contributed by atoms with Crippen LogP contribution in [0.5, 0.6) is 0 Å². The molecule has 1 aliphatic rings. The molecule has 0 aliphatic carbocycles. The Kier molecular flexibility index (Phi) is 2.89. The number of rotatable bonds is 4. The van der Waals surface area contributed by atoms with Crippen molar-refractivity contribution < 1.29 is 0 Å². The summed E-state index contributed by atoms with van der Waals surface area (Å²) in [6, 6.07) is 0. The van der Waals surface area contributed by atoms with Crippen molar-refractivity contribution in [2.75, 3.05) is 0 Å². The summed E-state index contributed by atoms with van der Waals surface area (Å²) in [5, 5.41) is 14.3. The zero-order chi connectivity index (χ0) is 8.10. The summed E-state index contributed by atoms with van der Waals surface area (Å²) in [7, 11) is 0. The van der Waals surface area contributed by atoms with Crippen molar-refractivity contribution >= 4 is 11.8 Å². The van der Waals surface area contributed by atoms with Gasteiger partial charge in [-0.25, -0.2) is 0 Å². The Morgan fingerprint density at radius 2 is 2.09 bits per heavy atom. The second-order valence-corrected chi connectivity index (χ2v) is 2.51. The van der Waals surface area contributed by atoms with E-state index in [-0.39, 0.29) is 5.96 Å². The minimum Gasteiger partial charge on any atom is -0.264 e. The Morgan fingerprint density at radius 1 is 1.27 bits per heavy atom. The highest BCUT2D eigenvalue weighted by atomic mass is 15.3. The van der Waals surface area contributed by atoms with Crippen LogP contribution < -0.4 is 0 Å². The molecule has 0 aromatic carbocycles. The summed E-state index contributed by atoms with van der Waals surface area (Å²) >= 11 is 0. The van der Waals surface area contributed by atoms with Gasteiger partial charge in [-0.05, 0) is 6.42 Å². The van der Waals surface area contributed by atoms with Crippen LogP contribution in [0.1, 0.15) is 32.6 Å². The van der Waals surface area contributed by atoms with Crippen LogP contribution in [0, 0.1) is 5.41 Å². The molecule has 1 aliphatic heterocycles. The van der Waals surface area contributed by atoms with E-state index in [0.29, 0.717) is 5.84 Å². The van der Waals surface area contributed by atoms with Crippen molar-refractivity contribution in [1.29, 1.82) is 5.41 Å². The van der Waals surface area contributed by atoms with Gasteiger partial charge in [-0.1, -0.05) is 19.8 Å². The fourth-order valence-electron chi connectivity index (χ4n) is 0.911. The standard InChI is InChI=1S/C7H12N4/c1-2-3-4-5-6-9-7(8)11-10-6/h8H,2-5H2,1H3. The predicted octanol–water partition coefficient (Wildman–Crippen LogP) is 2.37. The lowest BCUT2D eigenvalue weighted by Gasteiger charge is -1.92. The van der Waals surface area contributed by atoms with Crippen molar-refractivity contribution in [3.63, 3.8) is 0 Å². The van der Waals surface area contributed by atoms with E-state index in [9.17, 15) is 0 Å². The van der Waals surface area contributed by atoms with Crippen LogP contribution in [0.3, 0.4) is 0 Å². The maximum atomic E-state index is 7.01. The Bertz CT molecular complexity index is 204. The second-order valence-electron chi connectivity index (χ2n) is 2.51. The van der Waals surface area contributed by atoms with E-state index in [4.69, 9.17) is 5.41 Å². The number of guanidine groups is 1. The SMILES string of the molecule is CCCCCC1=NC(=N)N=N1. The van der Waals surface area contributed by atoms with Gasteiger partial charge in [0.2, 0.25) is 0 Å². The minimum atomic E-state index is 0.0384. The maximum absolute atomic E-state index is 7.01. The van der Waals surface area contributed by atoms with E-state index in [2.05, 4.69) is 22.1 Å². The molecule has 0 bridgehead atoms. The molecule has 0 amide bonds. The maximum Gasteiger partial charge on any atom is 0.263 e. The van der Waals surface area contributed by atoms with Crippen molar-refractivity contribution in [3.8, 4) is 0 Å². The van der Waals surface area contributed by atoms with E-state index in [1.165, 1.54) is 12.8 Å². The van der Waals surface area contributed by atoms with Crippen LogP contribution in [0.4, 0.5) is 0 Å². The smallest absolute Gasteiger partial charge is 0.263 e. The highest BCUT2D eigenvalue weighted by Crippen LogP contribution is 2.06. The van der Waals surface area contributed by atoms with E-state index < -0.39 is 0 Å². The van der Waals surface area contributed by atoms with Gasteiger partial charge in [-0.15, -0.1) is 10.2 Å². The molecule has 0 saturated carbocycles. The van der Waals surface area contributed by atoms with Gasteiger partial charge in [-0.2, -0.15) is 4.99 Å². The molecular weight excluding hydrogens is 140 g/mol. The largest absolute Gasteiger partial charge is 0.264 e. The summed E-state index contributed by atoms with van der Waals surface area (Å²) < 4.78 is 0. The number of azo groups is 1. The normalized spacial score (nSPS) is 15.7. The topological polar surface area (TPSA) is 60.9 Å². The first-order chi connectivity index (χ1) is 5.33. The molecule has 60 valence electrons. The van der Waals surface area contributed by atoms with Crippen molar-refractivity contribution in [1.82, 2.24) is 0 Å². The lowest BCUT2D eigenvalue weighted by molar-refractivity contribution is 0.740. The third-order valence-corrected chi connectivity index (χ3v) is 1.50. The van der Waals surface area contributed by atoms with Crippen LogP contribution >= 0.6 is 0 Å². The second kappa shape index (κ2) is 3.95. The van der Waals surface area contributed by atoms with Crippen molar-refractivity contribution in [2.45, 2.75) is 32.6 Å². The molecule has 11 heavy (non-hydrogen) atoms. The van der Waals surface area contributed by atoms with Crippen molar-refractivity contribution in [3.05, 3.63) is 0 Å². The summed E-state index contributed by atoms with van der Waals surface area (Å²) in [5.74, 6) is 0.750. The van der Waals surface area contributed by atoms with E-state index in [1.807, 2.05) is 0 Å². The zero-order valence-corrected chi connectivity index (χ0v) is 6.67. The molecule has 0 aromatic heterocycles. The molecule has 0 atom stereocenters. The number of nitrogens with one attached hydrogen (secondary N) is 1. The summed E-state index contributed by atoms with van der Waals surface area (Å²) in [5.41, 5.74) is 0. The Hall–Kier alpha value is -1.06. The molecule has 0 radical (unpaired) electrons. The summed E-state index contributed by atoms with van der Waals surface area (Å²) in [6.07, 6.45) is 4.35. The Balaban J connectivity index is 2.23. The molecule has 0 aromatic rings. The number of nitrogens with zero attached hydrogens (tertiary/aromatic N) is 3. The van der Waals surface area contributed by atoms with Crippen LogP contribution in [-0.2, 0) is 0 Å². The van der Waals surface area contributed by atoms with Gasteiger partial charge >= 0.3 is 0 Å². The number of amidine groups is 1. The van der Waals surface area contributed by atoms with Gasteiger partial charge in [0, 0.05) is 6.42 Å². The van der Waals surface area contributed by atoms with Gasteiger partial charge in [0.25, 0.3) is 5.96 Å². The van der Waals surface area contributed by atoms with Crippen LogP contribution in [-0.4, -0.2) is 11.8 Å². The first kappa shape index (κ1) is 8.04. The Morgan fingerprint density at radius 3 is 2.64 bits per heavy atom. The summed E-state index contributed by atoms with van der Waals surface area (Å²) in [6.45, 7) is 2.15. The molecule has 1 heterocycles. The monoisotopic (exact) mass is 152 g/mol. The minimum absolute atomic E-state index is 0.0384.